The normalized spacial score (nSPS) is 22.4. The fraction of sp³-hybridized carbons (Fsp3) is 0.385. The van der Waals surface area contributed by atoms with Crippen LogP contribution in [0.3, 0.4) is 0 Å². The number of hydrogen-bond acceptors (Lipinski definition) is 4. The smallest absolute Gasteiger partial charge is 0.269 e. The van der Waals surface area contributed by atoms with Crippen LogP contribution in [-0.2, 0) is 4.74 Å². The number of rotatable bonds is 3. The molecule has 18 heavy (non-hydrogen) atoms. The van der Waals surface area contributed by atoms with Gasteiger partial charge in [-0.2, -0.15) is 0 Å². The first kappa shape index (κ1) is 12.7. The van der Waals surface area contributed by atoms with Crippen LogP contribution in [0.4, 0.5) is 5.69 Å². The molecule has 2 rings (SSSR count). The summed E-state index contributed by atoms with van der Waals surface area (Å²) in [5.41, 5.74) is 0.757. The molecule has 1 heterocycles. The minimum absolute atomic E-state index is 0.107. The van der Waals surface area contributed by atoms with Crippen LogP contribution in [0.5, 0.6) is 0 Å². The van der Waals surface area contributed by atoms with E-state index >= 15 is 0 Å². The largest absolute Gasteiger partial charge is 0.359 e. The summed E-state index contributed by atoms with van der Waals surface area (Å²) in [5.74, 6) is 0. The van der Waals surface area contributed by atoms with Crippen LogP contribution >= 0.6 is 0 Å². The Morgan fingerprint density at radius 3 is 2.61 bits per heavy atom. The molecule has 1 aromatic carbocycles. The summed E-state index contributed by atoms with van der Waals surface area (Å²) in [4.78, 5) is 10.1. The van der Waals surface area contributed by atoms with E-state index < -0.39 is 4.92 Å². The summed E-state index contributed by atoms with van der Waals surface area (Å²) in [7, 11) is 0. The van der Waals surface area contributed by atoms with Crippen molar-refractivity contribution in [2.75, 3.05) is 6.61 Å². The summed E-state index contributed by atoms with van der Waals surface area (Å²) in [6.07, 6.45) is 3.95. The summed E-state index contributed by atoms with van der Waals surface area (Å²) in [5, 5.41) is 13.8. The number of nitrogens with zero attached hydrogens (tertiary/aromatic N) is 1. The highest BCUT2D eigenvalue weighted by atomic mass is 16.6. The Bertz CT molecular complexity index is 466. The first-order valence-electron chi connectivity index (χ1n) is 5.81. The molecule has 0 saturated carbocycles. The van der Waals surface area contributed by atoms with Gasteiger partial charge in [-0.05, 0) is 31.5 Å². The molecule has 0 aliphatic carbocycles. The molecule has 1 atom stereocenters. The predicted molar refractivity (Wildman–Crippen MR) is 69.1 cm³/mol. The third-order valence-corrected chi connectivity index (χ3v) is 2.78. The van der Waals surface area contributed by atoms with Gasteiger partial charge in [-0.25, -0.2) is 0 Å². The van der Waals surface area contributed by atoms with Crippen molar-refractivity contribution >= 4 is 11.8 Å². The molecule has 1 N–H and O–H groups in total. The average molecular weight is 248 g/mol. The molecule has 1 fully saturated rings. The number of nitrogens with one attached hydrogen (secondary N) is 1. The van der Waals surface area contributed by atoms with E-state index in [0.717, 1.165) is 5.56 Å². The Balaban J connectivity index is 1.99. The van der Waals surface area contributed by atoms with E-state index in [9.17, 15) is 10.1 Å². The van der Waals surface area contributed by atoms with Gasteiger partial charge in [-0.15, -0.1) is 0 Å². The lowest BCUT2D eigenvalue weighted by atomic mass is 10.1. The summed E-state index contributed by atoms with van der Waals surface area (Å²) >= 11 is 0. The predicted octanol–water partition coefficient (Wildman–Crippen LogP) is 2.33. The van der Waals surface area contributed by atoms with Gasteiger partial charge in [-0.1, -0.05) is 12.2 Å². The van der Waals surface area contributed by atoms with Crippen LogP contribution in [0.25, 0.3) is 6.08 Å². The van der Waals surface area contributed by atoms with E-state index in [2.05, 4.69) is 5.32 Å². The Morgan fingerprint density at radius 2 is 2.11 bits per heavy atom. The number of nitro groups is 1. The van der Waals surface area contributed by atoms with Gasteiger partial charge in [0.05, 0.1) is 17.6 Å². The molecule has 1 unspecified atom stereocenters. The topological polar surface area (TPSA) is 64.4 Å². The van der Waals surface area contributed by atoms with Crippen molar-refractivity contribution in [1.29, 1.82) is 0 Å². The van der Waals surface area contributed by atoms with E-state index in [4.69, 9.17) is 4.74 Å². The molecule has 1 aliphatic rings. The number of ether oxygens (including phenoxy) is 1. The quantitative estimate of drug-likeness (QED) is 0.658. The average Bonchev–Trinajstić information content (AvgIpc) is 2.67. The zero-order chi connectivity index (χ0) is 13.2. The lowest BCUT2D eigenvalue weighted by molar-refractivity contribution is -0.384. The van der Waals surface area contributed by atoms with Crippen molar-refractivity contribution in [3.8, 4) is 0 Å². The highest BCUT2D eigenvalue weighted by Crippen LogP contribution is 2.17. The van der Waals surface area contributed by atoms with Gasteiger partial charge in [0.25, 0.3) is 5.69 Å². The molecule has 0 amide bonds. The minimum Gasteiger partial charge on any atom is -0.359 e. The van der Waals surface area contributed by atoms with Crippen molar-refractivity contribution in [1.82, 2.24) is 5.32 Å². The molecule has 5 heteroatoms. The Hall–Kier alpha value is -1.72. The number of non-ortho nitro benzene ring substituents is 1. The summed E-state index contributed by atoms with van der Waals surface area (Å²) in [6, 6.07) is 6.64. The van der Waals surface area contributed by atoms with E-state index in [1.54, 1.807) is 12.1 Å². The van der Waals surface area contributed by atoms with Gasteiger partial charge in [-0.3, -0.25) is 15.4 Å². The molecule has 0 radical (unpaired) electrons. The van der Waals surface area contributed by atoms with Crippen molar-refractivity contribution in [2.24, 2.45) is 0 Å². The second-order valence-electron chi connectivity index (χ2n) is 4.78. The van der Waals surface area contributed by atoms with Gasteiger partial charge < -0.3 is 4.74 Å². The van der Waals surface area contributed by atoms with Crippen LogP contribution in [0.1, 0.15) is 19.4 Å². The summed E-state index contributed by atoms with van der Waals surface area (Å²) < 4.78 is 5.54. The molecule has 1 saturated heterocycles. The lowest BCUT2D eigenvalue weighted by Gasteiger charge is -2.16. The second-order valence-corrected chi connectivity index (χ2v) is 4.78. The fourth-order valence-corrected chi connectivity index (χ4v) is 1.87. The van der Waals surface area contributed by atoms with E-state index in [1.807, 2.05) is 26.0 Å². The van der Waals surface area contributed by atoms with Crippen molar-refractivity contribution in [3.63, 3.8) is 0 Å². The Kier molecular flexibility index (Phi) is 3.45. The van der Waals surface area contributed by atoms with Crippen LogP contribution in [0.2, 0.25) is 0 Å². The second kappa shape index (κ2) is 4.88. The van der Waals surface area contributed by atoms with Gasteiger partial charge in [0.15, 0.2) is 0 Å². The SMILES string of the molecule is CC1(C)NC(/C=C/c2ccc([N+](=O)[O-])cc2)CO1. The molecular formula is C13H16N2O3. The Morgan fingerprint density at radius 1 is 1.44 bits per heavy atom. The number of nitro benzene ring substituents is 1. The summed E-state index contributed by atoms with van der Waals surface area (Å²) in [6.45, 7) is 4.59. The molecule has 0 aromatic heterocycles. The molecule has 96 valence electrons. The first-order chi connectivity index (χ1) is 8.46. The van der Waals surface area contributed by atoms with Crippen LogP contribution < -0.4 is 5.32 Å². The van der Waals surface area contributed by atoms with E-state index in [0.29, 0.717) is 6.61 Å². The number of hydrogen-bond donors (Lipinski definition) is 1. The minimum atomic E-state index is -0.400. The van der Waals surface area contributed by atoms with Crippen molar-refractivity contribution in [2.45, 2.75) is 25.6 Å². The zero-order valence-electron chi connectivity index (χ0n) is 10.4. The van der Waals surface area contributed by atoms with Crippen molar-refractivity contribution in [3.05, 3.63) is 46.0 Å². The van der Waals surface area contributed by atoms with Gasteiger partial charge >= 0.3 is 0 Å². The molecule has 1 aliphatic heterocycles. The maximum absolute atomic E-state index is 10.5. The van der Waals surface area contributed by atoms with Gasteiger partial charge in [0.2, 0.25) is 0 Å². The van der Waals surface area contributed by atoms with Gasteiger partial charge in [0.1, 0.15) is 5.72 Å². The highest BCUT2D eigenvalue weighted by Gasteiger charge is 2.28. The molecule has 0 bridgehead atoms. The van der Waals surface area contributed by atoms with Crippen LogP contribution in [0, 0.1) is 10.1 Å². The molecule has 0 spiro atoms. The lowest BCUT2D eigenvalue weighted by Crippen LogP contribution is -2.37. The standard InChI is InChI=1S/C13H16N2O3/c1-13(2)14-11(9-18-13)6-3-10-4-7-12(8-5-10)15(16)17/h3-8,11,14H,9H2,1-2H3/b6-3+. The maximum atomic E-state index is 10.5. The first-order valence-corrected chi connectivity index (χ1v) is 5.81. The van der Waals surface area contributed by atoms with Crippen molar-refractivity contribution < 1.29 is 9.66 Å². The van der Waals surface area contributed by atoms with E-state index in [1.165, 1.54) is 12.1 Å². The molecule has 5 nitrogen and oxygen atoms in total. The molecule has 1 aromatic rings. The molecular weight excluding hydrogens is 232 g/mol. The monoisotopic (exact) mass is 248 g/mol. The number of benzene rings is 1. The zero-order valence-corrected chi connectivity index (χ0v) is 10.4. The maximum Gasteiger partial charge on any atom is 0.269 e. The van der Waals surface area contributed by atoms with Crippen LogP contribution in [0.15, 0.2) is 30.3 Å². The Labute approximate surface area is 106 Å². The van der Waals surface area contributed by atoms with E-state index in [-0.39, 0.29) is 17.5 Å². The van der Waals surface area contributed by atoms with Crippen LogP contribution in [-0.4, -0.2) is 23.3 Å². The van der Waals surface area contributed by atoms with Gasteiger partial charge in [0, 0.05) is 12.1 Å². The highest BCUT2D eigenvalue weighted by molar-refractivity contribution is 5.52. The third kappa shape index (κ3) is 3.15. The fourth-order valence-electron chi connectivity index (χ4n) is 1.87. The third-order valence-electron chi connectivity index (χ3n) is 2.78.